The zero-order chi connectivity index (χ0) is 24.6. The molecule has 2 fully saturated rings. The third-order valence-corrected chi connectivity index (χ3v) is 6.68. The molecule has 34 heavy (non-hydrogen) atoms. The van der Waals surface area contributed by atoms with Crippen LogP contribution < -0.4 is 4.74 Å². The number of benzene rings is 1. The lowest BCUT2D eigenvalue weighted by Gasteiger charge is -2.43. The van der Waals surface area contributed by atoms with Gasteiger partial charge in [0.2, 0.25) is 6.29 Å². The van der Waals surface area contributed by atoms with E-state index in [4.69, 9.17) is 23.7 Å². The fourth-order valence-electron chi connectivity index (χ4n) is 4.82. The molecule has 3 aliphatic rings. The largest absolute Gasteiger partial charge is 0.497 e. The molecule has 1 aromatic carbocycles. The zero-order valence-electron chi connectivity index (χ0n) is 18.8. The topological polar surface area (TPSA) is 164 Å². The SMILES string of the molecule is COc1ccc(C(=O)O[C@H]2C[C@@](C)(O)[C@H]3[C@H](O[C@@H]4O[C@@H](CO)[C@@H](O)[C@@H](O)[C@H]4O)OC=C[C@H]32)cc1. The molecule has 188 valence electrons. The lowest BCUT2D eigenvalue weighted by atomic mass is 9.85. The highest BCUT2D eigenvalue weighted by Gasteiger charge is 2.58. The first kappa shape index (κ1) is 24.9. The zero-order valence-corrected chi connectivity index (χ0v) is 18.8. The number of esters is 1. The van der Waals surface area contributed by atoms with Crippen LogP contribution >= 0.6 is 0 Å². The number of hydrogen-bond acceptors (Lipinski definition) is 11. The third kappa shape index (κ3) is 4.65. The van der Waals surface area contributed by atoms with E-state index in [1.165, 1.54) is 13.4 Å². The van der Waals surface area contributed by atoms with Gasteiger partial charge in [0.05, 0.1) is 37.1 Å². The van der Waals surface area contributed by atoms with Crippen LogP contribution in [0.3, 0.4) is 0 Å². The molecule has 0 spiro atoms. The third-order valence-electron chi connectivity index (χ3n) is 6.68. The van der Waals surface area contributed by atoms with E-state index in [0.29, 0.717) is 11.3 Å². The van der Waals surface area contributed by atoms with E-state index in [-0.39, 0.29) is 6.42 Å². The van der Waals surface area contributed by atoms with Crippen molar-refractivity contribution in [1.29, 1.82) is 0 Å². The molecule has 1 saturated carbocycles. The summed E-state index contributed by atoms with van der Waals surface area (Å²) in [6.45, 7) is 0.960. The number of fused-ring (bicyclic) bond motifs is 1. The Morgan fingerprint density at radius 2 is 1.82 bits per heavy atom. The minimum Gasteiger partial charge on any atom is -0.497 e. The average Bonchev–Trinajstić information content (AvgIpc) is 3.09. The summed E-state index contributed by atoms with van der Waals surface area (Å²) in [5, 5.41) is 50.8. The molecule has 5 N–H and O–H groups in total. The van der Waals surface area contributed by atoms with Crippen molar-refractivity contribution in [3.05, 3.63) is 42.2 Å². The first-order chi connectivity index (χ1) is 16.2. The highest BCUT2D eigenvalue weighted by Crippen LogP contribution is 2.48. The van der Waals surface area contributed by atoms with Crippen LogP contribution in [0.1, 0.15) is 23.7 Å². The van der Waals surface area contributed by atoms with Crippen molar-refractivity contribution in [3.63, 3.8) is 0 Å². The summed E-state index contributed by atoms with van der Waals surface area (Å²) in [5.41, 5.74) is -1.05. The number of hydrogen-bond donors (Lipinski definition) is 5. The molecule has 0 amide bonds. The van der Waals surface area contributed by atoms with Crippen LogP contribution in [0, 0.1) is 11.8 Å². The van der Waals surface area contributed by atoms with E-state index >= 15 is 0 Å². The molecule has 2 aliphatic heterocycles. The fraction of sp³-hybridized carbons (Fsp3) is 0.609. The summed E-state index contributed by atoms with van der Waals surface area (Å²) in [7, 11) is 1.52. The number of aliphatic hydroxyl groups is 5. The molecule has 10 atom stereocenters. The Kier molecular flexibility index (Phi) is 7.15. The van der Waals surface area contributed by atoms with Crippen molar-refractivity contribution in [2.75, 3.05) is 13.7 Å². The van der Waals surface area contributed by atoms with E-state index < -0.39 is 73.1 Å². The van der Waals surface area contributed by atoms with Crippen LogP contribution in [0.2, 0.25) is 0 Å². The summed E-state index contributed by atoms with van der Waals surface area (Å²) in [6, 6.07) is 6.44. The first-order valence-corrected chi connectivity index (χ1v) is 11.0. The summed E-state index contributed by atoms with van der Waals surface area (Å²) in [4.78, 5) is 12.7. The molecule has 1 saturated heterocycles. The molecule has 4 rings (SSSR count). The maximum Gasteiger partial charge on any atom is 0.338 e. The highest BCUT2D eigenvalue weighted by atomic mass is 16.8. The van der Waals surface area contributed by atoms with Gasteiger partial charge in [-0.25, -0.2) is 4.79 Å². The Morgan fingerprint density at radius 3 is 2.47 bits per heavy atom. The number of ether oxygens (including phenoxy) is 5. The van der Waals surface area contributed by atoms with E-state index in [2.05, 4.69) is 0 Å². The molecule has 0 aromatic heterocycles. The predicted molar refractivity (Wildman–Crippen MR) is 113 cm³/mol. The molecular formula is C23H30O11. The molecule has 0 bridgehead atoms. The number of carbonyl (C=O) groups excluding carboxylic acids is 1. The monoisotopic (exact) mass is 482 g/mol. The van der Waals surface area contributed by atoms with Gasteiger partial charge in [0.15, 0.2) is 6.29 Å². The van der Waals surface area contributed by atoms with E-state index in [0.717, 1.165) is 0 Å². The molecule has 0 radical (unpaired) electrons. The summed E-state index contributed by atoms with van der Waals surface area (Å²) in [6.07, 6.45) is -6.05. The number of rotatable bonds is 6. The van der Waals surface area contributed by atoms with Crippen molar-refractivity contribution in [3.8, 4) is 5.75 Å². The quantitative estimate of drug-likeness (QED) is 0.326. The standard InChI is InChI=1S/C23H30O11/c1-23(29)9-14(32-20(28)11-3-5-12(30-2)6-4-11)13-7-8-31-21(16(13)23)34-22-19(27)18(26)17(25)15(10-24)33-22/h3-8,13-19,21-22,24-27,29H,9-10H2,1-2H3/t13-,14-,15-,16+,17+,18+,19+,21-,22-,23+/m0/s1. The van der Waals surface area contributed by atoms with Gasteiger partial charge in [0.1, 0.15) is 36.3 Å². The Morgan fingerprint density at radius 1 is 1.12 bits per heavy atom. The second kappa shape index (κ2) is 9.78. The van der Waals surface area contributed by atoms with Gasteiger partial charge in [0.25, 0.3) is 0 Å². The van der Waals surface area contributed by atoms with E-state index in [1.807, 2.05) is 0 Å². The Balaban J connectivity index is 1.48. The van der Waals surface area contributed by atoms with Gasteiger partial charge in [-0.2, -0.15) is 0 Å². The van der Waals surface area contributed by atoms with Gasteiger partial charge in [-0.1, -0.05) is 0 Å². The van der Waals surface area contributed by atoms with E-state index in [1.54, 1.807) is 37.3 Å². The van der Waals surface area contributed by atoms with Gasteiger partial charge in [0, 0.05) is 12.3 Å². The first-order valence-electron chi connectivity index (χ1n) is 11.0. The summed E-state index contributed by atoms with van der Waals surface area (Å²) < 4.78 is 27.5. The molecule has 1 aliphatic carbocycles. The maximum absolute atomic E-state index is 12.7. The van der Waals surface area contributed by atoms with Crippen molar-refractivity contribution < 1.29 is 54.0 Å². The van der Waals surface area contributed by atoms with Gasteiger partial charge >= 0.3 is 5.97 Å². The normalized spacial score (nSPS) is 41.4. The molecule has 11 nitrogen and oxygen atoms in total. The molecule has 2 heterocycles. The second-order valence-corrected chi connectivity index (χ2v) is 9.00. The number of aliphatic hydroxyl groups excluding tert-OH is 4. The maximum atomic E-state index is 12.7. The van der Waals surface area contributed by atoms with Crippen LogP contribution in [0.25, 0.3) is 0 Å². The summed E-state index contributed by atoms with van der Waals surface area (Å²) in [5.74, 6) is -1.14. The van der Waals surface area contributed by atoms with Crippen molar-refractivity contribution in [2.45, 2.75) is 62.0 Å². The van der Waals surface area contributed by atoms with Crippen LogP contribution in [0.15, 0.2) is 36.6 Å². The van der Waals surface area contributed by atoms with Crippen LogP contribution in [-0.4, -0.2) is 93.9 Å². The fourth-order valence-corrected chi connectivity index (χ4v) is 4.82. The highest BCUT2D eigenvalue weighted by molar-refractivity contribution is 5.89. The molecule has 0 unspecified atom stereocenters. The Bertz CT molecular complexity index is 883. The predicted octanol–water partition coefficient (Wildman–Crippen LogP) is -0.706. The minimum absolute atomic E-state index is 0.104. The molecular weight excluding hydrogens is 452 g/mol. The van der Waals surface area contributed by atoms with Gasteiger partial charge in [-0.3, -0.25) is 0 Å². The molecule has 11 heteroatoms. The summed E-state index contributed by atoms with van der Waals surface area (Å²) >= 11 is 0. The smallest absolute Gasteiger partial charge is 0.338 e. The minimum atomic E-state index is -1.62. The molecule has 1 aromatic rings. The van der Waals surface area contributed by atoms with Gasteiger partial charge in [-0.15, -0.1) is 0 Å². The van der Waals surface area contributed by atoms with Gasteiger partial charge < -0.3 is 49.2 Å². The average molecular weight is 482 g/mol. The number of carbonyl (C=O) groups is 1. The van der Waals surface area contributed by atoms with Crippen molar-refractivity contribution in [1.82, 2.24) is 0 Å². The van der Waals surface area contributed by atoms with Gasteiger partial charge in [-0.05, 0) is 37.3 Å². The van der Waals surface area contributed by atoms with Crippen LogP contribution in [-0.2, 0) is 18.9 Å². The lowest BCUT2D eigenvalue weighted by Crippen LogP contribution is -2.60. The lowest BCUT2D eigenvalue weighted by molar-refractivity contribution is -0.346. The Labute approximate surface area is 196 Å². The number of methoxy groups -OCH3 is 1. The van der Waals surface area contributed by atoms with Crippen molar-refractivity contribution in [2.24, 2.45) is 11.8 Å². The van der Waals surface area contributed by atoms with E-state index in [9.17, 15) is 30.3 Å². The van der Waals surface area contributed by atoms with Crippen molar-refractivity contribution >= 4 is 5.97 Å². The second-order valence-electron chi connectivity index (χ2n) is 9.00. The Hall–Kier alpha value is -2.25. The van der Waals surface area contributed by atoms with Crippen LogP contribution in [0.4, 0.5) is 0 Å². The van der Waals surface area contributed by atoms with Crippen LogP contribution in [0.5, 0.6) is 5.75 Å².